The van der Waals surface area contributed by atoms with Crippen molar-refractivity contribution in [2.75, 3.05) is 26.0 Å². The third-order valence-corrected chi connectivity index (χ3v) is 4.15. The van der Waals surface area contributed by atoms with E-state index in [1.807, 2.05) is 30.3 Å². The molecule has 0 spiro atoms. The summed E-state index contributed by atoms with van der Waals surface area (Å²) in [6.45, 7) is 0.445. The van der Waals surface area contributed by atoms with Crippen LogP contribution in [0.2, 0.25) is 5.02 Å². The van der Waals surface area contributed by atoms with Crippen molar-refractivity contribution in [3.8, 4) is 5.75 Å². The number of nitrogens with two attached hydrogens (primary N) is 1. The highest BCUT2D eigenvalue weighted by Crippen LogP contribution is 2.29. The number of ether oxygens (including phenoxy) is 1. The number of benzene rings is 2. The van der Waals surface area contributed by atoms with Crippen LogP contribution in [0.1, 0.15) is 28.3 Å². The lowest BCUT2D eigenvalue weighted by Gasteiger charge is -2.18. The van der Waals surface area contributed by atoms with Gasteiger partial charge in [-0.1, -0.05) is 41.9 Å². The van der Waals surface area contributed by atoms with Gasteiger partial charge < -0.3 is 20.9 Å². The molecule has 7 heteroatoms. The first kappa shape index (κ1) is 21.1. The molecule has 0 aliphatic carbocycles. The van der Waals surface area contributed by atoms with Crippen LogP contribution in [-0.2, 0) is 0 Å². The van der Waals surface area contributed by atoms with Crippen molar-refractivity contribution in [3.05, 3.63) is 58.6 Å². The minimum atomic E-state index is -0.298. The molecular weight excluding hydrogens is 363 g/mol. The number of carbonyl (C=O) groups is 1. The van der Waals surface area contributed by atoms with Gasteiger partial charge in [-0.25, -0.2) is 0 Å². The zero-order valence-corrected chi connectivity index (χ0v) is 15.4. The van der Waals surface area contributed by atoms with Crippen LogP contribution in [-0.4, -0.2) is 31.3 Å². The summed E-state index contributed by atoms with van der Waals surface area (Å²) in [5, 5.41) is 12.4. The highest BCUT2D eigenvalue weighted by atomic mass is 35.5. The molecular formula is C18H22Cl2N2O3. The molecule has 0 saturated carbocycles. The Bertz CT molecular complexity index is 696. The van der Waals surface area contributed by atoms with E-state index in [0.29, 0.717) is 35.0 Å². The second-order valence-electron chi connectivity index (χ2n) is 5.40. The first-order chi connectivity index (χ1) is 11.6. The maximum absolute atomic E-state index is 12.5. The summed E-state index contributed by atoms with van der Waals surface area (Å²) < 4.78 is 5.20. The van der Waals surface area contributed by atoms with Gasteiger partial charge in [0, 0.05) is 25.1 Å². The number of halogens is 2. The zero-order chi connectivity index (χ0) is 17.5. The third kappa shape index (κ3) is 5.53. The van der Waals surface area contributed by atoms with Crippen LogP contribution in [0.3, 0.4) is 0 Å². The molecule has 2 rings (SSSR count). The average molecular weight is 385 g/mol. The topological polar surface area (TPSA) is 84.6 Å². The van der Waals surface area contributed by atoms with Crippen LogP contribution >= 0.6 is 24.0 Å². The molecule has 0 bridgehead atoms. The third-order valence-electron chi connectivity index (χ3n) is 3.82. The Labute approximate surface area is 158 Å². The van der Waals surface area contributed by atoms with Crippen LogP contribution in [0.5, 0.6) is 5.75 Å². The summed E-state index contributed by atoms with van der Waals surface area (Å²) in [6.07, 6.45) is 0.559. The van der Waals surface area contributed by atoms with Gasteiger partial charge in [-0.2, -0.15) is 0 Å². The van der Waals surface area contributed by atoms with E-state index in [4.69, 9.17) is 22.1 Å². The summed E-state index contributed by atoms with van der Waals surface area (Å²) in [6, 6.07) is 12.8. The number of hydrogen-bond donors (Lipinski definition) is 3. The van der Waals surface area contributed by atoms with Crippen LogP contribution in [0.15, 0.2) is 42.5 Å². The lowest BCUT2D eigenvalue weighted by molar-refractivity contribution is 0.0946. The van der Waals surface area contributed by atoms with E-state index in [2.05, 4.69) is 5.32 Å². The first-order valence-corrected chi connectivity index (χ1v) is 8.01. The Morgan fingerprint density at radius 3 is 2.60 bits per heavy atom. The van der Waals surface area contributed by atoms with E-state index in [9.17, 15) is 9.90 Å². The smallest absolute Gasteiger partial charge is 0.255 e. The molecule has 0 aromatic heterocycles. The molecule has 2 aromatic carbocycles. The number of nitrogen functional groups attached to an aromatic ring is 1. The fourth-order valence-electron chi connectivity index (χ4n) is 2.49. The Hall–Kier alpha value is -1.95. The number of aliphatic hydroxyl groups is 1. The lowest BCUT2D eigenvalue weighted by atomic mass is 9.96. The predicted octanol–water partition coefficient (Wildman–Crippen LogP) is 3.25. The standard InChI is InChI=1S/C18H21ClN2O3.ClH/c1-24-17-10-16(20)15(19)9-14(17)18(23)21-11-13(7-8-22)12-5-3-2-4-6-12;/h2-6,9-10,13,22H,7-8,11,20H2,1H3,(H,21,23);1H. The van der Waals surface area contributed by atoms with Gasteiger partial charge >= 0.3 is 0 Å². The molecule has 0 heterocycles. The van der Waals surface area contributed by atoms with Crippen molar-refractivity contribution in [2.45, 2.75) is 12.3 Å². The number of methoxy groups -OCH3 is 1. The van der Waals surface area contributed by atoms with E-state index in [-0.39, 0.29) is 30.8 Å². The molecule has 0 radical (unpaired) electrons. The molecule has 1 atom stereocenters. The maximum atomic E-state index is 12.5. The highest BCUT2D eigenvalue weighted by Gasteiger charge is 2.17. The molecule has 1 amide bonds. The fourth-order valence-corrected chi connectivity index (χ4v) is 2.66. The number of rotatable bonds is 7. The van der Waals surface area contributed by atoms with Crippen molar-refractivity contribution in [1.29, 1.82) is 0 Å². The van der Waals surface area contributed by atoms with E-state index >= 15 is 0 Å². The Balaban J connectivity index is 0.00000312. The largest absolute Gasteiger partial charge is 0.496 e. The van der Waals surface area contributed by atoms with Crippen LogP contribution < -0.4 is 15.8 Å². The first-order valence-electron chi connectivity index (χ1n) is 7.63. The number of carbonyl (C=O) groups excluding carboxylic acids is 1. The number of aliphatic hydroxyl groups excluding tert-OH is 1. The fraction of sp³-hybridized carbons (Fsp3) is 0.278. The zero-order valence-electron chi connectivity index (χ0n) is 13.9. The molecule has 136 valence electrons. The summed E-state index contributed by atoms with van der Waals surface area (Å²) in [7, 11) is 1.47. The molecule has 1 unspecified atom stereocenters. The van der Waals surface area contributed by atoms with Gasteiger partial charge in [0.2, 0.25) is 0 Å². The van der Waals surface area contributed by atoms with Crippen molar-refractivity contribution >= 4 is 35.6 Å². The van der Waals surface area contributed by atoms with Gasteiger partial charge in [-0.3, -0.25) is 4.79 Å². The number of nitrogens with one attached hydrogen (secondary N) is 1. The van der Waals surface area contributed by atoms with Gasteiger partial charge in [0.15, 0.2) is 0 Å². The monoisotopic (exact) mass is 384 g/mol. The summed E-state index contributed by atoms with van der Waals surface area (Å²) in [5.41, 5.74) is 7.48. The summed E-state index contributed by atoms with van der Waals surface area (Å²) in [5.74, 6) is 0.0934. The van der Waals surface area contributed by atoms with Crippen LogP contribution in [0.25, 0.3) is 0 Å². The normalized spacial score (nSPS) is 11.3. The van der Waals surface area contributed by atoms with Gasteiger partial charge in [0.1, 0.15) is 5.75 Å². The molecule has 0 fully saturated rings. The molecule has 2 aromatic rings. The lowest BCUT2D eigenvalue weighted by Crippen LogP contribution is -2.29. The predicted molar refractivity (Wildman–Crippen MR) is 103 cm³/mol. The van der Waals surface area contributed by atoms with E-state index in [1.54, 1.807) is 0 Å². The van der Waals surface area contributed by atoms with E-state index in [1.165, 1.54) is 19.2 Å². The number of hydrogen-bond acceptors (Lipinski definition) is 4. The molecule has 0 aliphatic heterocycles. The maximum Gasteiger partial charge on any atom is 0.255 e. The Kier molecular flexibility index (Phi) is 8.55. The Morgan fingerprint density at radius 1 is 1.32 bits per heavy atom. The Morgan fingerprint density at radius 2 is 2.00 bits per heavy atom. The van der Waals surface area contributed by atoms with Gasteiger partial charge in [0.05, 0.1) is 23.4 Å². The molecule has 25 heavy (non-hydrogen) atoms. The molecule has 0 saturated heterocycles. The number of amides is 1. The summed E-state index contributed by atoms with van der Waals surface area (Å²) in [4.78, 5) is 12.5. The molecule has 0 aliphatic rings. The second kappa shape index (κ2) is 10.1. The minimum Gasteiger partial charge on any atom is -0.496 e. The SMILES string of the molecule is COc1cc(N)c(Cl)cc1C(=O)NCC(CCO)c1ccccc1.Cl. The van der Waals surface area contributed by atoms with Gasteiger partial charge in [-0.05, 0) is 18.1 Å². The van der Waals surface area contributed by atoms with Crippen molar-refractivity contribution in [3.63, 3.8) is 0 Å². The quantitative estimate of drug-likeness (QED) is 0.639. The second-order valence-corrected chi connectivity index (χ2v) is 5.81. The summed E-state index contributed by atoms with van der Waals surface area (Å²) >= 11 is 6.00. The van der Waals surface area contributed by atoms with E-state index < -0.39 is 0 Å². The molecule has 4 N–H and O–H groups in total. The van der Waals surface area contributed by atoms with Crippen LogP contribution in [0.4, 0.5) is 5.69 Å². The van der Waals surface area contributed by atoms with Gasteiger partial charge in [0.25, 0.3) is 5.91 Å². The highest BCUT2D eigenvalue weighted by molar-refractivity contribution is 6.33. The van der Waals surface area contributed by atoms with Crippen LogP contribution in [0, 0.1) is 0 Å². The minimum absolute atomic E-state index is 0. The van der Waals surface area contributed by atoms with Gasteiger partial charge in [-0.15, -0.1) is 12.4 Å². The van der Waals surface area contributed by atoms with Crippen molar-refractivity contribution < 1.29 is 14.6 Å². The average Bonchev–Trinajstić information content (AvgIpc) is 2.61. The van der Waals surface area contributed by atoms with Crippen molar-refractivity contribution in [1.82, 2.24) is 5.32 Å². The number of anilines is 1. The van der Waals surface area contributed by atoms with E-state index in [0.717, 1.165) is 5.56 Å². The molecule has 5 nitrogen and oxygen atoms in total. The van der Waals surface area contributed by atoms with Crippen molar-refractivity contribution in [2.24, 2.45) is 0 Å².